The van der Waals surface area contributed by atoms with Crippen molar-refractivity contribution >= 4 is 33.9 Å². The second-order valence-corrected chi connectivity index (χ2v) is 10.9. The summed E-state index contributed by atoms with van der Waals surface area (Å²) in [7, 11) is 0. The zero-order valence-corrected chi connectivity index (χ0v) is 20.6. The first-order chi connectivity index (χ1) is 15.9. The summed E-state index contributed by atoms with van der Waals surface area (Å²) in [5.74, 6) is -1.22. The SMILES string of the molecule is CC(C)(C)c1ccc2c(c1)c1cc(C(C)(C)C)ccc1n2-c1ccc(/C=C(\C#N)C(=O)O)cc1. The smallest absolute Gasteiger partial charge is 0.346 e. The molecule has 4 aromatic rings. The van der Waals surface area contributed by atoms with Gasteiger partial charge in [-0.25, -0.2) is 4.79 Å². The molecule has 0 fully saturated rings. The number of aliphatic carboxylic acids is 1. The maximum absolute atomic E-state index is 11.2. The summed E-state index contributed by atoms with van der Waals surface area (Å²) < 4.78 is 2.25. The molecule has 0 unspecified atom stereocenters. The lowest BCUT2D eigenvalue weighted by molar-refractivity contribution is -0.132. The van der Waals surface area contributed by atoms with E-state index in [4.69, 9.17) is 10.4 Å². The van der Waals surface area contributed by atoms with Crippen LogP contribution in [0.15, 0.2) is 66.2 Å². The minimum Gasteiger partial charge on any atom is -0.477 e. The van der Waals surface area contributed by atoms with Crippen LogP contribution in [0.5, 0.6) is 0 Å². The molecule has 4 rings (SSSR count). The van der Waals surface area contributed by atoms with Crippen LogP contribution in [0, 0.1) is 11.3 Å². The fraction of sp³-hybridized carbons (Fsp3) is 0.267. The molecule has 0 aliphatic rings. The highest BCUT2D eigenvalue weighted by atomic mass is 16.4. The van der Waals surface area contributed by atoms with Crippen LogP contribution in [0.3, 0.4) is 0 Å². The lowest BCUT2D eigenvalue weighted by Crippen LogP contribution is -2.10. The van der Waals surface area contributed by atoms with Crippen LogP contribution in [0.4, 0.5) is 0 Å². The Labute approximate surface area is 200 Å². The number of nitrogens with zero attached hydrogens (tertiary/aromatic N) is 2. The van der Waals surface area contributed by atoms with Crippen LogP contribution in [0.1, 0.15) is 58.2 Å². The summed E-state index contributed by atoms with van der Waals surface area (Å²) in [4.78, 5) is 11.2. The van der Waals surface area contributed by atoms with Gasteiger partial charge in [-0.1, -0.05) is 65.8 Å². The Morgan fingerprint density at radius 2 is 1.29 bits per heavy atom. The standard InChI is InChI=1S/C30H30N2O2/c1-29(2,3)21-9-13-26-24(16-21)25-17-22(30(4,5)6)10-14-27(25)32(26)23-11-7-19(8-12-23)15-20(18-31)28(33)34/h7-17H,1-6H3,(H,33,34)/b20-15+. The number of rotatable bonds is 3. The maximum Gasteiger partial charge on any atom is 0.346 e. The Morgan fingerprint density at radius 3 is 1.68 bits per heavy atom. The minimum absolute atomic E-state index is 0.0425. The molecule has 0 aliphatic carbocycles. The molecule has 4 heteroatoms. The Hall–Kier alpha value is -3.84. The zero-order chi connectivity index (χ0) is 24.8. The van der Waals surface area contributed by atoms with Crippen molar-refractivity contribution in [3.63, 3.8) is 0 Å². The summed E-state index contributed by atoms with van der Waals surface area (Å²) in [6, 6.07) is 22.8. The fourth-order valence-corrected chi connectivity index (χ4v) is 4.26. The van der Waals surface area contributed by atoms with Crippen molar-refractivity contribution < 1.29 is 9.90 Å². The lowest BCUT2D eigenvalue weighted by atomic mass is 9.85. The molecule has 0 saturated carbocycles. The number of carbonyl (C=O) groups is 1. The van der Waals surface area contributed by atoms with Crippen LogP contribution in [0.25, 0.3) is 33.6 Å². The normalized spacial score (nSPS) is 12.8. The van der Waals surface area contributed by atoms with E-state index in [0.29, 0.717) is 5.56 Å². The van der Waals surface area contributed by atoms with Crippen LogP contribution in [0.2, 0.25) is 0 Å². The second kappa shape index (κ2) is 8.18. The first-order valence-corrected chi connectivity index (χ1v) is 11.4. The van der Waals surface area contributed by atoms with Crippen LogP contribution >= 0.6 is 0 Å². The van der Waals surface area contributed by atoms with Gasteiger partial charge in [0.2, 0.25) is 0 Å². The molecule has 0 spiro atoms. The summed E-state index contributed by atoms with van der Waals surface area (Å²) in [6.07, 6.45) is 1.39. The van der Waals surface area contributed by atoms with E-state index >= 15 is 0 Å². The van der Waals surface area contributed by atoms with Crippen molar-refractivity contribution in [2.75, 3.05) is 0 Å². The van der Waals surface area contributed by atoms with Gasteiger partial charge in [-0.3, -0.25) is 0 Å². The second-order valence-electron chi connectivity index (χ2n) is 10.9. The van der Waals surface area contributed by atoms with Gasteiger partial charge in [-0.2, -0.15) is 5.26 Å². The number of hydrogen-bond donors (Lipinski definition) is 1. The minimum atomic E-state index is -1.22. The number of nitriles is 1. The Bertz CT molecular complexity index is 1410. The molecule has 0 atom stereocenters. The van der Waals surface area contributed by atoms with Gasteiger partial charge in [0.15, 0.2) is 0 Å². The largest absolute Gasteiger partial charge is 0.477 e. The third kappa shape index (κ3) is 4.22. The average molecular weight is 451 g/mol. The molecule has 0 aliphatic heterocycles. The maximum atomic E-state index is 11.2. The number of fused-ring (bicyclic) bond motifs is 3. The van der Waals surface area contributed by atoms with E-state index in [1.807, 2.05) is 24.3 Å². The van der Waals surface area contributed by atoms with Gasteiger partial charge in [0.1, 0.15) is 11.6 Å². The van der Waals surface area contributed by atoms with Gasteiger partial charge in [0, 0.05) is 16.5 Å². The highest BCUT2D eigenvalue weighted by Gasteiger charge is 2.20. The average Bonchev–Trinajstić information content (AvgIpc) is 3.09. The highest BCUT2D eigenvalue weighted by Crippen LogP contribution is 2.37. The van der Waals surface area contributed by atoms with Gasteiger partial charge < -0.3 is 9.67 Å². The van der Waals surface area contributed by atoms with E-state index in [1.165, 1.54) is 28.0 Å². The summed E-state index contributed by atoms with van der Waals surface area (Å²) in [6.45, 7) is 13.4. The molecular weight excluding hydrogens is 420 g/mol. The molecule has 34 heavy (non-hydrogen) atoms. The van der Waals surface area contributed by atoms with Crippen molar-refractivity contribution in [1.82, 2.24) is 4.57 Å². The van der Waals surface area contributed by atoms with Crippen molar-refractivity contribution in [3.8, 4) is 11.8 Å². The summed E-state index contributed by atoms with van der Waals surface area (Å²) >= 11 is 0. The monoisotopic (exact) mass is 450 g/mol. The van der Waals surface area contributed by atoms with E-state index in [0.717, 1.165) is 16.7 Å². The van der Waals surface area contributed by atoms with Crippen LogP contribution in [-0.2, 0) is 15.6 Å². The fourth-order valence-electron chi connectivity index (χ4n) is 4.26. The van der Waals surface area contributed by atoms with Gasteiger partial charge in [-0.15, -0.1) is 0 Å². The molecule has 1 aromatic heterocycles. The van der Waals surface area contributed by atoms with E-state index in [-0.39, 0.29) is 16.4 Å². The Morgan fingerprint density at radius 1 is 0.824 bits per heavy atom. The third-order valence-corrected chi connectivity index (χ3v) is 6.31. The van der Waals surface area contributed by atoms with Gasteiger partial charge >= 0.3 is 5.97 Å². The summed E-state index contributed by atoms with van der Waals surface area (Å²) in [5.41, 5.74) is 6.29. The Kier molecular flexibility index (Phi) is 5.61. The van der Waals surface area contributed by atoms with Crippen molar-refractivity contribution in [3.05, 3.63) is 82.9 Å². The van der Waals surface area contributed by atoms with Gasteiger partial charge in [-0.05, 0) is 70.0 Å². The number of carboxylic acids is 1. The van der Waals surface area contributed by atoms with Crippen LogP contribution in [-0.4, -0.2) is 15.6 Å². The predicted molar refractivity (Wildman–Crippen MR) is 139 cm³/mol. The van der Waals surface area contributed by atoms with Crippen molar-refractivity contribution in [2.24, 2.45) is 0 Å². The number of hydrogen-bond acceptors (Lipinski definition) is 2. The summed E-state index contributed by atoms with van der Waals surface area (Å²) in [5, 5.41) is 20.6. The van der Waals surface area contributed by atoms with E-state index in [9.17, 15) is 4.79 Å². The number of carboxylic acid groups (broad SMARTS) is 1. The van der Waals surface area contributed by atoms with Crippen LogP contribution < -0.4 is 0 Å². The first kappa shape index (κ1) is 23.3. The molecule has 1 N–H and O–H groups in total. The van der Waals surface area contributed by atoms with Gasteiger partial charge in [0.05, 0.1) is 11.0 Å². The van der Waals surface area contributed by atoms with E-state index in [1.54, 1.807) is 6.07 Å². The molecule has 0 bridgehead atoms. The molecule has 1 heterocycles. The molecular formula is C30H30N2O2. The highest BCUT2D eigenvalue weighted by molar-refractivity contribution is 6.10. The number of benzene rings is 3. The molecule has 0 amide bonds. The Balaban J connectivity index is 1.97. The number of aromatic nitrogens is 1. The van der Waals surface area contributed by atoms with E-state index < -0.39 is 5.97 Å². The van der Waals surface area contributed by atoms with Crippen molar-refractivity contribution in [1.29, 1.82) is 5.26 Å². The molecule has 0 radical (unpaired) electrons. The topological polar surface area (TPSA) is 66.0 Å². The third-order valence-electron chi connectivity index (χ3n) is 6.31. The zero-order valence-electron chi connectivity index (χ0n) is 20.6. The lowest BCUT2D eigenvalue weighted by Gasteiger charge is -2.19. The predicted octanol–water partition coefficient (Wildman–Crippen LogP) is 7.37. The first-order valence-electron chi connectivity index (χ1n) is 11.4. The quantitative estimate of drug-likeness (QED) is 0.262. The molecule has 0 saturated heterocycles. The molecule has 3 aromatic carbocycles. The van der Waals surface area contributed by atoms with Gasteiger partial charge in [0.25, 0.3) is 0 Å². The van der Waals surface area contributed by atoms with Crippen molar-refractivity contribution in [2.45, 2.75) is 52.4 Å². The molecule has 172 valence electrons. The van der Waals surface area contributed by atoms with E-state index in [2.05, 4.69) is 82.5 Å². The molecule has 4 nitrogen and oxygen atoms in total.